The summed E-state index contributed by atoms with van der Waals surface area (Å²) < 4.78 is 5.25. The highest BCUT2D eigenvalue weighted by atomic mass is 16.5. The molecule has 20 heavy (non-hydrogen) atoms. The number of pyridine rings is 1. The number of aryl methyl sites for hydroxylation is 1. The van der Waals surface area contributed by atoms with Crippen LogP contribution in [0.2, 0.25) is 0 Å². The number of methoxy groups -OCH3 is 1. The van der Waals surface area contributed by atoms with Crippen molar-refractivity contribution in [1.29, 1.82) is 0 Å². The number of nitrogens with one attached hydrogen (secondary N) is 1. The molecule has 0 saturated carbocycles. The molecule has 3 N–H and O–H groups in total. The molecule has 2 aromatic rings. The van der Waals surface area contributed by atoms with Gasteiger partial charge in [0.1, 0.15) is 0 Å². The van der Waals surface area contributed by atoms with Crippen LogP contribution in [0.5, 0.6) is 0 Å². The molecule has 0 aliphatic carbocycles. The predicted molar refractivity (Wildman–Crippen MR) is 82.7 cm³/mol. The second kappa shape index (κ2) is 6.79. The number of nitrogens with zero attached hydrogens (tertiary/aromatic N) is 1. The van der Waals surface area contributed by atoms with Crippen LogP contribution in [0.3, 0.4) is 0 Å². The molecule has 0 amide bonds. The minimum absolute atomic E-state index is 0.137. The van der Waals surface area contributed by atoms with Crippen molar-refractivity contribution >= 4 is 10.9 Å². The van der Waals surface area contributed by atoms with Gasteiger partial charge in [0, 0.05) is 37.3 Å². The van der Waals surface area contributed by atoms with Crippen LogP contribution in [0.4, 0.5) is 0 Å². The largest absolute Gasteiger partial charge is 0.380 e. The first-order chi connectivity index (χ1) is 9.63. The predicted octanol–water partition coefficient (Wildman–Crippen LogP) is 2.17. The average Bonchev–Trinajstić information content (AvgIpc) is 2.47. The van der Waals surface area contributed by atoms with E-state index in [0.717, 1.165) is 23.1 Å². The van der Waals surface area contributed by atoms with E-state index in [1.54, 1.807) is 7.11 Å². The Balaban J connectivity index is 2.19. The van der Waals surface area contributed by atoms with Crippen LogP contribution >= 0.6 is 0 Å². The Labute approximate surface area is 120 Å². The van der Waals surface area contributed by atoms with Crippen LogP contribution in [0.25, 0.3) is 10.9 Å². The maximum Gasteiger partial charge on any atom is 0.0705 e. The van der Waals surface area contributed by atoms with Crippen LogP contribution in [-0.2, 0) is 4.74 Å². The summed E-state index contributed by atoms with van der Waals surface area (Å²) in [6, 6.07) is 10.6. The van der Waals surface area contributed by atoms with Gasteiger partial charge in [-0.2, -0.15) is 0 Å². The van der Waals surface area contributed by atoms with E-state index in [0.29, 0.717) is 6.54 Å². The van der Waals surface area contributed by atoms with Gasteiger partial charge < -0.3 is 15.8 Å². The molecule has 0 radical (unpaired) electrons. The molecule has 0 aliphatic rings. The van der Waals surface area contributed by atoms with Gasteiger partial charge in [0.15, 0.2) is 0 Å². The summed E-state index contributed by atoms with van der Waals surface area (Å²) in [7, 11) is 1.72. The van der Waals surface area contributed by atoms with E-state index in [9.17, 15) is 0 Å². The van der Waals surface area contributed by atoms with Crippen LogP contribution < -0.4 is 11.1 Å². The van der Waals surface area contributed by atoms with Crippen molar-refractivity contribution in [3.63, 3.8) is 0 Å². The molecule has 0 aliphatic heterocycles. The van der Waals surface area contributed by atoms with E-state index in [2.05, 4.69) is 34.6 Å². The second-order valence-corrected chi connectivity index (χ2v) is 5.15. The molecule has 2 atom stereocenters. The van der Waals surface area contributed by atoms with Crippen molar-refractivity contribution < 1.29 is 4.74 Å². The van der Waals surface area contributed by atoms with Gasteiger partial charge in [-0.3, -0.25) is 4.98 Å². The van der Waals surface area contributed by atoms with Crippen molar-refractivity contribution in [2.75, 3.05) is 20.2 Å². The first-order valence-electron chi connectivity index (χ1n) is 6.97. The fraction of sp³-hybridized carbons (Fsp3) is 0.438. The smallest absolute Gasteiger partial charge is 0.0705 e. The number of hydrogen-bond acceptors (Lipinski definition) is 4. The van der Waals surface area contributed by atoms with Crippen LogP contribution in [0, 0.1) is 6.92 Å². The van der Waals surface area contributed by atoms with Gasteiger partial charge in [-0.25, -0.2) is 0 Å². The molecular weight excluding hydrogens is 250 g/mol. The van der Waals surface area contributed by atoms with Crippen molar-refractivity contribution in [2.45, 2.75) is 26.0 Å². The lowest BCUT2D eigenvalue weighted by molar-refractivity contribution is 0.114. The standard InChI is InChI=1S/C16H23N3O/c1-11-4-5-13-8-14(6-7-15(13)19-11)16(9-17)18-10-12(2)20-3/h4-8,12,16,18H,9-10,17H2,1-3H3. The van der Waals surface area contributed by atoms with Gasteiger partial charge in [-0.1, -0.05) is 12.1 Å². The van der Waals surface area contributed by atoms with Crippen molar-refractivity contribution in [1.82, 2.24) is 10.3 Å². The van der Waals surface area contributed by atoms with E-state index in [4.69, 9.17) is 10.5 Å². The Morgan fingerprint density at radius 1 is 1.30 bits per heavy atom. The van der Waals surface area contributed by atoms with Crippen LogP contribution in [0.15, 0.2) is 30.3 Å². The third-order valence-electron chi connectivity index (χ3n) is 3.54. The van der Waals surface area contributed by atoms with E-state index in [1.165, 1.54) is 5.56 Å². The van der Waals surface area contributed by atoms with E-state index in [-0.39, 0.29) is 12.1 Å². The lowest BCUT2D eigenvalue weighted by Crippen LogP contribution is -2.33. The molecule has 0 spiro atoms. The third-order valence-corrected chi connectivity index (χ3v) is 3.54. The monoisotopic (exact) mass is 273 g/mol. The van der Waals surface area contributed by atoms with Gasteiger partial charge in [0.05, 0.1) is 11.6 Å². The van der Waals surface area contributed by atoms with Gasteiger partial charge in [-0.15, -0.1) is 0 Å². The number of ether oxygens (including phenoxy) is 1. The summed E-state index contributed by atoms with van der Waals surface area (Å²) in [5.41, 5.74) is 9.13. The number of nitrogens with two attached hydrogens (primary N) is 1. The maximum atomic E-state index is 5.88. The van der Waals surface area contributed by atoms with Crippen molar-refractivity contribution in [2.24, 2.45) is 5.73 Å². The molecule has 4 heteroatoms. The molecule has 0 bridgehead atoms. The number of rotatable bonds is 6. The van der Waals surface area contributed by atoms with Gasteiger partial charge in [0.25, 0.3) is 0 Å². The summed E-state index contributed by atoms with van der Waals surface area (Å²) in [4.78, 5) is 4.52. The number of fused-ring (bicyclic) bond motifs is 1. The molecule has 2 rings (SSSR count). The van der Waals surface area contributed by atoms with E-state index < -0.39 is 0 Å². The van der Waals surface area contributed by atoms with Gasteiger partial charge in [-0.05, 0) is 37.6 Å². The molecule has 108 valence electrons. The van der Waals surface area contributed by atoms with Gasteiger partial charge >= 0.3 is 0 Å². The Hall–Kier alpha value is -1.49. The molecule has 1 aromatic heterocycles. The number of aromatic nitrogens is 1. The van der Waals surface area contributed by atoms with Crippen LogP contribution in [-0.4, -0.2) is 31.3 Å². The minimum atomic E-state index is 0.137. The fourth-order valence-corrected chi connectivity index (χ4v) is 2.19. The zero-order valence-corrected chi connectivity index (χ0v) is 12.4. The quantitative estimate of drug-likeness (QED) is 0.847. The van der Waals surface area contributed by atoms with E-state index >= 15 is 0 Å². The first kappa shape index (κ1) is 14.9. The summed E-state index contributed by atoms with van der Waals surface area (Å²) in [5.74, 6) is 0. The Kier molecular flexibility index (Phi) is 5.06. The molecule has 1 heterocycles. The Morgan fingerprint density at radius 2 is 2.10 bits per heavy atom. The number of hydrogen-bond donors (Lipinski definition) is 2. The summed E-state index contributed by atoms with van der Waals surface area (Å²) in [6.45, 7) is 5.38. The summed E-state index contributed by atoms with van der Waals surface area (Å²) >= 11 is 0. The highest BCUT2D eigenvalue weighted by Gasteiger charge is 2.11. The highest BCUT2D eigenvalue weighted by Crippen LogP contribution is 2.19. The molecule has 0 fully saturated rings. The zero-order valence-electron chi connectivity index (χ0n) is 12.4. The minimum Gasteiger partial charge on any atom is -0.380 e. The Bertz CT molecular complexity index is 571. The average molecular weight is 273 g/mol. The normalized spacial score (nSPS) is 14.4. The highest BCUT2D eigenvalue weighted by molar-refractivity contribution is 5.79. The Morgan fingerprint density at radius 3 is 2.80 bits per heavy atom. The van der Waals surface area contributed by atoms with Crippen molar-refractivity contribution in [3.8, 4) is 0 Å². The summed E-state index contributed by atoms with van der Waals surface area (Å²) in [6.07, 6.45) is 0.175. The lowest BCUT2D eigenvalue weighted by Gasteiger charge is -2.20. The molecule has 1 aromatic carbocycles. The zero-order chi connectivity index (χ0) is 14.5. The lowest BCUT2D eigenvalue weighted by atomic mass is 10.0. The molecule has 0 saturated heterocycles. The second-order valence-electron chi connectivity index (χ2n) is 5.15. The maximum absolute atomic E-state index is 5.88. The summed E-state index contributed by atoms with van der Waals surface area (Å²) in [5, 5.41) is 4.59. The number of benzene rings is 1. The SMILES string of the molecule is COC(C)CNC(CN)c1ccc2nc(C)ccc2c1. The van der Waals surface area contributed by atoms with E-state index in [1.807, 2.05) is 19.9 Å². The van der Waals surface area contributed by atoms with Gasteiger partial charge in [0.2, 0.25) is 0 Å². The van der Waals surface area contributed by atoms with Crippen LogP contribution in [0.1, 0.15) is 24.2 Å². The molecule has 4 nitrogen and oxygen atoms in total. The molecular formula is C16H23N3O. The van der Waals surface area contributed by atoms with Crippen molar-refractivity contribution in [3.05, 3.63) is 41.6 Å². The molecule has 2 unspecified atom stereocenters. The topological polar surface area (TPSA) is 60.2 Å². The third kappa shape index (κ3) is 3.54. The first-order valence-corrected chi connectivity index (χ1v) is 6.97. The fourth-order valence-electron chi connectivity index (χ4n) is 2.19.